The molecule has 0 aliphatic heterocycles. The number of ether oxygens (including phenoxy) is 1. The smallest absolute Gasteiger partial charge is 0.434 e. The highest BCUT2D eigenvalue weighted by Gasteiger charge is 2.30. The lowest BCUT2D eigenvalue weighted by molar-refractivity contribution is -0.0735. The fourth-order valence-corrected chi connectivity index (χ4v) is 0.201. The third kappa shape index (κ3) is 4.11. The van der Waals surface area contributed by atoms with Gasteiger partial charge in [0.15, 0.2) is 13.3 Å². The summed E-state index contributed by atoms with van der Waals surface area (Å²) in [7, 11) is 0. The second-order valence-electron chi connectivity index (χ2n) is 1.52. The van der Waals surface area contributed by atoms with E-state index in [4.69, 9.17) is 0 Å². The largest absolute Gasteiger partial charge is 0.495 e. The van der Waals surface area contributed by atoms with Gasteiger partial charge in [-0.05, 0) is 0 Å². The molecule has 0 radical (unpaired) electrons. The molecule has 0 fully saturated rings. The molecule has 0 aromatic rings. The van der Waals surface area contributed by atoms with Crippen molar-refractivity contribution in [2.45, 2.75) is 5.92 Å². The van der Waals surface area contributed by atoms with Crippen LogP contribution in [0.5, 0.6) is 0 Å². The monoisotopic (exact) mass is 160 g/mol. The van der Waals surface area contributed by atoms with Gasteiger partial charge in [-0.15, -0.1) is 4.39 Å². The summed E-state index contributed by atoms with van der Waals surface area (Å²) in [5.41, 5.74) is 0. The first kappa shape index (κ1) is 9.19. The summed E-state index contributed by atoms with van der Waals surface area (Å²) >= 11 is 0. The summed E-state index contributed by atoms with van der Waals surface area (Å²) in [4.78, 5) is 9.26. The van der Waals surface area contributed by atoms with Gasteiger partial charge in [0.2, 0.25) is 0 Å². The number of hydrogen-bond donors (Lipinski definition) is 0. The second kappa shape index (κ2) is 3.38. The van der Waals surface area contributed by atoms with E-state index in [9.17, 15) is 22.4 Å². The molecule has 0 spiro atoms. The van der Waals surface area contributed by atoms with Crippen molar-refractivity contribution in [2.24, 2.45) is 0 Å². The zero-order valence-corrected chi connectivity index (χ0v) is 4.74. The van der Waals surface area contributed by atoms with Crippen LogP contribution < -0.4 is 0 Å². The Labute approximate surface area is 53.8 Å². The third-order valence-electron chi connectivity index (χ3n) is 0.592. The van der Waals surface area contributed by atoms with Gasteiger partial charge in [-0.25, -0.2) is 9.18 Å². The molecule has 0 aromatic heterocycles. The first-order valence-electron chi connectivity index (χ1n) is 2.24. The zero-order chi connectivity index (χ0) is 8.20. The molecule has 0 aromatic carbocycles. The minimum Gasteiger partial charge on any atom is -0.434 e. The Morgan fingerprint density at radius 1 is 1.50 bits per heavy atom. The van der Waals surface area contributed by atoms with Gasteiger partial charge in [0.1, 0.15) is 0 Å². The molecule has 10 heavy (non-hydrogen) atoms. The van der Waals surface area contributed by atoms with E-state index in [-0.39, 0.29) is 0 Å². The van der Waals surface area contributed by atoms with Crippen LogP contribution in [0, 0.1) is 0 Å². The van der Waals surface area contributed by atoms with Crippen molar-refractivity contribution in [2.75, 3.05) is 13.3 Å². The van der Waals surface area contributed by atoms with Gasteiger partial charge in [-0.1, -0.05) is 0 Å². The van der Waals surface area contributed by atoms with Gasteiger partial charge in [-0.3, -0.25) is 0 Å². The van der Waals surface area contributed by atoms with Gasteiger partial charge in [0, 0.05) is 0 Å². The zero-order valence-electron chi connectivity index (χ0n) is 4.74. The van der Waals surface area contributed by atoms with Crippen LogP contribution in [0.2, 0.25) is 0 Å². The second-order valence-corrected chi connectivity index (χ2v) is 1.52. The Bertz CT molecular complexity index is 124. The number of carbonyl (C=O) groups is 1. The van der Waals surface area contributed by atoms with Gasteiger partial charge in [0.25, 0.3) is 0 Å². The van der Waals surface area contributed by atoms with E-state index in [0.29, 0.717) is 0 Å². The molecular formula is C4H4F4O2. The standard InChI is InChI=1S/C4H4F4O2/c5-1-4(7,8)2-10-3(6)9/h1-2H2. The third-order valence-corrected chi connectivity index (χ3v) is 0.592. The van der Waals surface area contributed by atoms with Crippen molar-refractivity contribution in [3.63, 3.8) is 0 Å². The fraction of sp³-hybridized carbons (Fsp3) is 0.750. The Balaban J connectivity index is 3.56. The fourth-order valence-electron chi connectivity index (χ4n) is 0.201. The lowest BCUT2D eigenvalue weighted by atomic mass is 10.4. The molecule has 0 bridgehead atoms. The normalized spacial score (nSPS) is 11.2. The Kier molecular flexibility index (Phi) is 3.11. The van der Waals surface area contributed by atoms with E-state index >= 15 is 0 Å². The van der Waals surface area contributed by atoms with E-state index < -0.39 is 25.4 Å². The molecule has 6 heteroatoms. The Morgan fingerprint density at radius 2 is 2.00 bits per heavy atom. The molecule has 60 valence electrons. The summed E-state index contributed by atoms with van der Waals surface area (Å²) < 4.78 is 48.8. The molecule has 2 nitrogen and oxygen atoms in total. The molecule has 0 saturated carbocycles. The number of carbonyl (C=O) groups excluding carboxylic acids is 1. The highest BCUT2D eigenvalue weighted by Crippen LogP contribution is 2.13. The van der Waals surface area contributed by atoms with E-state index in [1.807, 2.05) is 0 Å². The summed E-state index contributed by atoms with van der Waals surface area (Å²) in [5.74, 6) is -3.78. The lowest BCUT2D eigenvalue weighted by Crippen LogP contribution is -2.26. The molecule has 0 aliphatic rings. The highest BCUT2D eigenvalue weighted by molar-refractivity contribution is 5.57. The maximum Gasteiger partial charge on any atom is 0.495 e. The number of halogens is 4. The van der Waals surface area contributed by atoms with E-state index in [0.717, 1.165) is 0 Å². The van der Waals surface area contributed by atoms with E-state index in [2.05, 4.69) is 4.74 Å². The predicted octanol–water partition coefficient (Wildman–Crippen LogP) is 1.70. The van der Waals surface area contributed by atoms with Crippen molar-refractivity contribution in [3.8, 4) is 0 Å². The minimum atomic E-state index is -3.78. The van der Waals surface area contributed by atoms with Crippen LogP contribution in [0.25, 0.3) is 0 Å². The molecular weight excluding hydrogens is 156 g/mol. The van der Waals surface area contributed by atoms with E-state index in [1.165, 1.54) is 0 Å². The molecule has 0 N–H and O–H groups in total. The Morgan fingerprint density at radius 3 is 2.30 bits per heavy atom. The summed E-state index contributed by atoms with van der Waals surface area (Å²) in [6, 6.07) is 0. The van der Waals surface area contributed by atoms with Crippen LogP contribution in [0.1, 0.15) is 0 Å². The van der Waals surface area contributed by atoms with Crippen molar-refractivity contribution >= 4 is 6.22 Å². The molecule has 0 heterocycles. The first-order chi connectivity index (χ1) is 4.48. The topological polar surface area (TPSA) is 26.3 Å². The number of alkyl halides is 3. The maximum atomic E-state index is 11.7. The number of hydrogen-bond acceptors (Lipinski definition) is 2. The first-order valence-corrected chi connectivity index (χ1v) is 2.24. The van der Waals surface area contributed by atoms with Gasteiger partial charge in [0.05, 0.1) is 0 Å². The van der Waals surface area contributed by atoms with Crippen molar-refractivity contribution < 1.29 is 27.1 Å². The van der Waals surface area contributed by atoms with Crippen LogP contribution in [0.15, 0.2) is 0 Å². The van der Waals surface area contributed by atoms with Crippen LogP contribution in [-0.4, -0.2) is 25.4 Å². The number of rotatable bonds is 3. The SMILES string of the molecule is O=C(F)OCC(F)(F)CF. The summed E-state index contributed by atoms with van der Waals surface area (Å²) in [6.45, 7) is -3.53. The lowest BCUT2D eigenvalue weighted by Gasteiger charge is -2.09. The van der Waals surface area contributed by atoms with Gasteiger partial charge in [-0.2, -0.15) is 8.78 Å². The molecule has 0 saturated heterocycles. The van der Waals surface area contributed by atoms with Crippen LogP contribution in [-0.2, 0) is 4.74 Å². The summed E-state index contributed by atoms with van der Waals surface area (Å²) in [6.07, 6.45) is -2.34. The Hall–Kier alpha value is -0.810. The van der Waals surface area contributed by atoms with Crippen LogP contribution in [0.3, 0.4) is 0 Å². The van der Waals surface area contributed by atoms with Crippen molar-refractivity contribution in [1.82, 2.24) is 0 Å². The minimum absolute atomic E-state index is 1.56. The van der Waals surface area contributed by atoms with Gasteiger partial charge >= 0.3 is 12.1 Å². The van der Waals surface area contributed by atoms with Gasteiger partial charge < -0.3 is 4.74 Å². The quantitative estimate of drug-likeness (QED) is 0.464. The molecule has 0 atom stereocenters. The van der Waals surface area contributed by atoms with Crippen molar-refractivity contribution in [1.29, 1.82) is 0 Å². The highest BCUT2D eigenvalue weighted by atomic mass is 19.3. The van der Waals surface area contributed by atoms with E-state index in [1.54, 1.807) is 0 Å². The van der Waals surface area contributed by atoms with Crippen LogP contribution >= 0.6 is 0 Å². The predicted molar refractivity (Wildman–Crippen MR) is 23.4 cm³/mol. The molecule has 0 rings (SSSR count). The molecule has 0 aliphatic carbocycles. The van der Waals surface area contributed by atoms with Crippen LogP contribution in [0.4, 0.5) is 22.4 Å². The maximum absolute atomic E-state index is 11.7. The average Bonchev–Trinajstić information content (AvgIpc) is 1.85. The summed E-state index contributed by atoms with van der Waals surface area (Å²) in [5, 5.41) is 0. The molecule has 0 unspecified atom stereocenters. The molecule has 0 amide bonds. The average molecular weight is 160 g/mol. The van der Waals surface area contributed by atoms with Crippen molar-refractivity contribution in [3.05, 3.63) is 0 Å².